The van der Waals surface area contributed by atoms with E-state index in [-0.39, 0.29) is 5.75 Å². The van der Waals surface area contributed by atoms with E-state index in [2.05, 4.69) is 23.3 Å². The quantitative estimate of drug-likeness (QED) is 0.254. The van der Waals surface area contributed by atoms with Crippen molar-refractivity contribution in [1.29, 1.82) is 0 Å². The number of amides is 2. The molecule has 6 N–H and O–H groups in total. The number of carbonyl (C=O) groups excluding carboxylic acids is 2. The van der Waals surface area contributed by atoms with E-state index in [0.717, 1.165) is 0 Å². The van der Waals surface area contributed by atoms with Crippen molar-refractivity contribution in [2.24, 2.45) is 5.73 Å². The molecule has 0 aliphatic carbocycles. The number of aliphatic hydroxyl groups is 1. The summed E-state index contributed by atoms with van der Waals surface area (Å²) in [4.78, 5) is 34.5. The molecule has 0 spiro atoms. The summed E-state index contributed by atoms with van der Waals surface area (Å²) in [6.45, 7) is -0.736. The van der Waals surface area contributed by atoms with Crippen LogP contribution in [0.5, 0.6) is 0 Å². The molecule has 0 aromatic rings. The number of thiol groups is 1. The highest BCUT2D eigenvalue weighted by atomic mass is 32.2. The molecule has 0 rings (SSSR count). The lowest BCUT2D eigenvalue weighted by atomic mass is 10.1. The van der Waals surface area contributed by atoms with Crippen LogP contribution in [0.3, 0.4) is 0 Å². The Hall–Kier alpha value is -0.970. The number of nitrogens with one attached hydrogen (secondary N) is 2. The van der Waals surface area contributed by atoms with E-state index < -0.39 is 42.5 Å². The first-order valence-corrected chi connectivity index (χ1v) is 8.19. The Balaban J connectivity index is 4.76. The van der Waals surface area contributed by atoms with Crippen LogP contribution in [0.15, 0.2) is 0 Å². The van der Waals surface area contributed by atoms with Gasteiger partial charge in [0.05, 0.1) is 12.6 Å². The van der Waals surface area contributed by atoms with Gasteiger partial charge in [-0.15, -0.1) is 0 Å². The normalized spacial score (nSPS) is 14.9. The van der Waals surface area contributed by atoms with Crippen molar-refractivity contribution in [2.75, 3.05) is 24.4 Å². The van der Waals surface area contributed by atoms with Crippen molar-refractivity contribution in [3.63, 3.8) is 0 Å². The first-order chi connectivity index (χ1) is 9.87. The summed E-state index contributed by atoms with van der Waals surface area (Å²) >= 11 is 5.37. The van der Waals surface area contributed by atoms with E-state index in [0.29, 0.717) is 12.2 Å². The Morgan fingerprint density at radius 3 is 2.24 bits per heavy atom. The molecule has 0 aromatic heterocycles. The number of carboxylic acids is 1. The van der Waals surface area contributed by atoms with Crippen molar-refractivity contribution >= 4 is 42.2 Å². The van der Waals surface area contributed by atoms with Crippen LogP contribution in [0, 0.1) is 0 Å². The monoisotopic (exact) mass is 339 g/mol. The fourth-order valence-electron chi connectivity index (χ4n) is 1.32. The molecule has 122 valence electrons. The number of carbonyl (C=O) groups is 3. The molecular formula is C11H21N3O5S2. The average molecular weight is 339 g/mol. The topological polar surface area (TPSA) is 142 Å². The van der Waals surface area contributed by atoms with Crippen LogP contribution in [-0.4, -0.2) is 70.5 Å². The Kier molecular flexibility index (Phi) is 10.2. The molecule has 2 amide bonds. The van der Waals surface area contributed by atoms with E-state index in [4.69, 9.17) is 15.9 Å². The van der Waals surface area contributed by atoms with Gasteiger partial charge in [0.1, 0.15) is 12.1 Å². The number of rotatable bonds is 10. The van der Waals surface area contributed by atoms with Crippen molar-refractivity contribution in [3.8, 4) is 0 Å². The molecule has 0 aliphatic heterocycles. The SMILES string of the molecule is CSCCC(NC(=O)C(N)CS)C(=O)NC(CO)C(=O)O. The maximum atomic E-state index is 12.0. The predicted molar refractivity (Wildman–Crippen MR) is 83.4 cm³/mol. The second-order valence-corrected chi connectivity index (χ2v) is 5.56. The van der Waals surface area contributed by atoms with Crippen LogP contribution >= 0.6 is 24.4 Å². The van der Waals surface area contributed by atoms with E-state index in [1.165, 1.54) is 11.8 Å². The first-order valence-electron chi connectivity index (χ1n) is 6.17. The molecule has 0 aliphatic rings. The molecule has 0 radical (unpaired) electrons. The third kappa shape index (κ3) is 7.55. The third-order valence-corrected chi connectivity index (χ3v) is 3.61. The predicted octanol–water partition coefficient (Wildman–Crippen LogP) is -1.96. The second-order valence-electron chi connectivity index (χ2n) is 4.21. The number of nitrogens with two attached hydrogens (primary N) is 1. The minimum atomic E-state index is -1.41. The fraction of sp³-hybridized carbons (Fsp3) is 0.727. The van der Waals surface area contributed by atoms with Crippen LogP contribution in [0.25, 0.3) is 0 Å². The molecule has 8 nitrogen and oxygen atoms in total. The standard InChI is InChI=1S/C11H21N3O5S2/c1-21-3-2-7(13-9(16)6(12)5-20)10(17)14-8(4-15)11(18)19/h6-8,15,20H,2-5,12H2,1H3,(H,13,16)(H,14,17)(H,18,19). The average Bonchev–Trinajstić information content (AvgIpc) is 2.46. The summed E-state index contributed by atoms with van der Waals surface area (Å²) in [7, 11) is 0. The molecule has 0 aromatic carbocycles. The minimum absolute atomic E-state index is 0.122. The molecule has 3 unspecified atom stereocenters. The van der Waals surface area contributed by atoms with Gasteiger partial charge in [-0.05, 0) is 18.4 Å². The highest BCUT2D eigenvalue weighted by Crippen LogP contribution is 2.02. The minimum Gasteiger partial charge on any atom is -0.480 e. The van der Waals surface area contributed by atoms with Gasteiger partial charge in [0.25, 0.3) is 0 Å². The van der Waals surface area contributed by atoms with Crippen molar-refractivity contribution in [2.45, 2.75) is 24.5 Å². The molecule has 0 fully saturated rings. The summed E-state index contributed by atoms with van der Waals surface area (Å²) < 4.78 is 0. The lowest BCUT2D eigenvalue weighted by Crippen LogP contribution is -2.55. The lowest BCUT2D eigenvalue weighted by Gasteiger charge is -2.21. The Bertz CT molecular complexity index is 370. The van der Waals surface area contributed by atoms with Gasteiger partial charge in [0.2, 0.25) is 11.8 Å². The van der Waals surface area contributed by atoms with Gasteiger partial charge < -0.3 is 26.6 Å². The molecule has 0 heterocycles. The smallest absolute Gasteiger partial charge is 0.328 e. The Morgan fingerprint density at radius 2 is 1.81 bits per heavy atom. The van der Waals surface area contributed by atoms with Gasteiger partial charge in [0.15, 0.2) is 0 Å². The van der Waals surface area contributed by atoms with Crippen LogP contribution in [-0.2, 0) is 14.4 Å². The van der Waals surface area contributed by atoms with Crippen LogP contribution in [0.1, 0.15) is 6.42 Å². The van der Waals surface area contributed by atoms with Crippen molar-refractivity contribution < 1.29 is 24.6 Å². The van der Waals surface area contributed by atoms with Crippen LogP contribution < -0.4 is 16.4 Å². The molecule has 10 heteroatoms. The number of hydrogen-bond acceptors (Lipinski definition) is 7. The maximum absolute atomic E-state index is 12.0. The van der Waals surface area contributed by atoms with Gasteiger partial charge in [-0.25, -0.2) is 4.79 Å². The molecule has 21 heavy (non-hydrogen) atoms. The number of aliphatic carboxylic acids is 1. The zero-order valence-corrected chi connectivity index (χ0v) is 13.3. The van der Waals surface area contributed by atoms with E-state index in [9.17, 15) is 14.4 Å². The highest BCUT2D eigenvalue weighted by molar-refractivity contribution is 7.98. The van der Waals surface area contributed by atoms with E-state index in [1.807, 2.05) is 6.26 Å². The van der Waals surface area contributed by atoms with Crippen LogP contribution in [0.2, 0.25) is 0 Å². The van der Waals surface area contributed by atoms with E-state index in [1.54, 1.807) is 0 Å². The number of carboxylic acid groups (broad SMARTS) is 1. The summed E-state index contributed by atoms with van der Waals surface area (Å²) in [6, 6.07) is -3.18. The highest BCUT2D eigenvalue weighted by Gasteiger charge is 2.26. The fourth-order valence-corrected chi connectivity index (χ4v) is 1.96. The molecule has 0 bridgehead atoms. The first kappa shape index (κ1) is 20.0. The maximum Gasteiger partial charge on any atom is 0.328 e. The molecule has 0 saturated carbocycles. The van der Waals surface area contributed by atoms with E-state index >= 15 is 0 Å². The number of aliphatic hydroxyl groups excluding tert-OH is 1. The van der Waals surface area contributed by atoms with Gasteiger partial charge in [-0.2, -0.15) is 24.4 Å². The van der Waals surface area contributed by atoms with Crippen molar-refractivity contribution in [1.82, 2.24) is 10.6 Å². The number of thioether (sulfide) groups is 1. The summed E-state index contributed by atoms with van der Waals surface area (Å²) in [5.74, 6) is -1.86. The van der Waals surface area contributed by atoms with Gasteiger partial charge >= 0.3 is 5.97 Å². The van der Waals surface area contributed by atoms with Crippen molar-refractivity contribution in [3.05, 3.63) is 0 Å². The zero-order chi connectivity index (χ0) is 16.4. The summed E-state index contributed by atoms with van der Waals surface area (Å²) in [5.41, 5.74) is 5.51. The van der Waals surface area contributed by atoms with Gasteiger partial charge in [-0.1, -0.05) is 0 Å². The number of hydrogen-bond donors (Lipinski definition) is 6. The zero-order valence-electron chi connectivity index (χ0n) is 11.6. The Labute approximate surface area is 132 Å². The molecule has 0 saturated heterocycles. The largest absolute Gasteiger partial charge is 0.480 e. The van der Waals surface area contributed by atoms with Gasteiger partial charge in [0, 0.05) is 5.75 Å². The Morgan fingerprint density at radius 1 is 1.24 bits per heavy atom. The van der Waals surface area contributed by atoms with Gasteiger partial charge in [-0.3, -0.25) is 9.59 Å². The van der Waals surface area contributed by atoms with Crippen LogP contribution in [0.4, 0.5) is 0 Å². The summed E-state index contributed by atoms with van der Waals surface area (Å²) in [5, 5.41) is 22.3. The molecular weight excluding hydrogens is 318 g/mol. The summed E-state index contributed by atoms with van der Waals surface area (Å²) in [6.07, 6.45) is 2.15. The third-order valence-electron chi connectivity index (χ3n) is 2.57. The second kappa shape index (κ2) is 10.7. The lowest BCUT2D eigenvalue weighted by molar-refractivity contribution is -0.143. The molecule has 3 atom stereocenters.